The molecule has 4 nitrogen and oxygen atoms in total. The van der Waals surface area contributed by atoms with Gasteiger partial charge in [0.15, 0.2) is 0 Å². The van der Waals surface area contributed by atoms with Crippen molar-refractivity contribution in [2.45, 2.75) is 46.5 Å². The van der Waals surface area contributed by atoms with Crippen molar-refractivity contribution in [2.24, 2.45) is 0 Å². The van der Waals surface area contributed by atoms with Gasteiger partial charge in [0, 0.05) is 12.2 Å². The van der Waals surface area contributed by atoms with E-state index in [9.17, 15) is 4.79 Å². The fourth-order valence-electron chi connectivity index (χ4n) is 2.71. The monoisotopic (exact) mass is 432 g/mol. The Hall–Kier alpha value is -2.01. The third-order valence-electron chi connectivity index (χ3n) is 4.38. The van der Waals surface area contributed by atoms with E-state index in [2.05, 4.69) is 59.5 Å². The van der Waals surface area contributed by atoms with Crippen molar-refractivity contribution < 1.29 is 9.53 Å². The van der Waals surface area contributed by atoms with Crippen LogP contribution < -0.4 is 15.4 Å². The van der Waals surface area contributed by atoms with Crippen molar-refractivity contribution in [3.8, 4) is 5.75 Å². The van der Waals surface area contributed by atoms with Gasteiger partial charge in [-0.2, -0.15) is 0 Å². The Bertz CT molecular complexity index is 777. The Morgan fingerprint density at radius 1 is 1.11 bits per heavy atom. The second-order valence-corrected chi connectivity index (χ2v) is 8.60. The predicted octanol–water partition coefficient (Wildman–Crippen LogP) is 5.95. The first-order valence-electron chi connectivity index (χ1n) is 9.22. The second kappa shape index (κ2) is 9.27. The molecule has 2 rings (SSSR count). The minimum atomic E-state index is -0.192. The molecule has 5 heteroatoms. The molecule has 0 aromatic heterocycles. The number of benzene rings is 2. The summed E-state index contributed by atoms with van der Waals surface area (Å²) < 4.78 is 6.78. The van der Waals surface area contributed by atoms with Crippen molar-refractivity contribution in [1.82, 2.24) is 5.32 Å². The van der Waals surface area contributed by atoms with Gasteiger partial charge < -0.3 is 15.4 Å². The standard InChI is InChI=1S/C22H29BrN2O2/c1-15-8-6-9-16(2)20(15)25-21(26)24-12-7-13-27-19-11-10-17(14-18(19)23)22(3,4)5/h6,8-11,14H,7,12-13H2,1-5H3,(H2,24,25,26). The van der Waals surface area contributed by atoms with E-state index < -0.39 is 0 Å². The lowest BCUT2D eigenvalue weighted by Gasteiger charge is -2.20. The Morgan fingerprint density at radius 2 is 1.78 bits per heavy atom. The summed E-state index contributed by atoms with van der Waals surface area (Å²) in [5, 5.41) is 5.79. The van der Waals surface area contributed by atoms with Crippen LogP contribution in [0.15, 0.2) is 40.9 Å². The van der Waals surface area contributed by atoms with Crippen LogP contribution in [0.1, 0.15) is 43.9 Å². The summed E-state index contributed by atoms with van der Waals surface area (Å²) in [5.74, 6) is 0.822. The van der Waals surface area contributed by atoms with Gasteiger partial charge in [0.05, 0.1) is 11.1 Å². The number of halogens is 1. The number of carbonyl (C=O) groups excluding carboxylic acids is 1. The van der Waals surface area contributed by atoms with Crippen molar-refractivity contribution in [2.75, 3.05) is 18.5 Å². The molecule has 0 saturated heterocycles. The number of amides is 2. The SMILES string of the molecule is Cc1cccc(C)c1NC(=O)NCCCOc1ccc(C(C)(C)C)cc1Br. The van der Waals surface area contributed by atoms with Crippen molar-refractivity contribution in [3.63, 3.8) is 0 Å². The topological polar surface area (TPSA) is 50.4 Å². The minimum Gasteiger partial charge on any atom is -0.492 e. The summed E-state index contributed by atoms with van der Waals surface area (Å²) in [6.45, 7) is 11.6. The van der Waals surface area contributed by atoms with Gasteiger partial charge >= 0.3 is 6.03 Å². The van der Waals surface area contributed by atoms with Crippen LogP contribution in [0, 0.1) is 13.8 Å². The Balaban J connectivity index is 1.75. The van der Waals surface area contributed by atoms with E-state index in [1.165, 1.54) is 5.56 Å². The van der Waals surface area contributed by atoms with Crippen molar-refractivity contribution in [3.05, 3.63) is 57.6 Å². The number of ether oxygens (including phenoxy) is 1. The molecule has 0 aliphatic carbocycles. The van der Waals surface area contributed by atoms with E-state index in [0.29, 0.717) is 13.2 Å². The van der Waals surface area contributed by atoms with Gasteiger partial charge in [-0.05, 0) is 70.4 Å². The molecule has 2 aromatic carbocycles. The van der Waals surface area contributed by atoms with Crippen LogP contribution in [0.3, 0.4) is 0 Å². The molecule has 0 fully saturated rings. The molecule has 27 heavy (non-hydrogen) atoms. The number of carbonyl (C=O) groups is 1. The van der Waals surface area contributed by atoms with Gasteiger partial charge in [-0.1, -0.05) is 45.0 Å². The number of urea groups is 1. The average molecular weight is 433 g/mol. The van der Waals surface area contributed by atoms with Gasteiger partial charge in [0.2, 0.25) is 0 Å². The van der Waals surface area contributed by atoms with Gasteiger partial charge in [0.1, 0.15) is 5.75 Å². The lowest BCUT2D eigenvalue weighted by molar-refractivity contribution is 0.250. The van der Waals surface area contributed by atoms with Crippen LogP contribution >= 0.6 is 15.9 Å². The first kappa shape index (κ1) is 21.3. The molecule has 0 radical (unpaired) electrons. The molecule has 0 bridgehead atoms. The third kappa shape index (κ3) is 6.28. The molecule has 0 aliphatic heterocycles. The summed E-state index contributed by atoms with van der Waals surface area (Å²) in [6, 6.07) is 12.0. The Kier molecular flexibility index (Phi) is 7.31. The first-order valence-corrected chi connectivity index (χ1v) is 10.0. The highest BCUT2D eigenvalue weighted by Crippen LogP contribution is 2.31. The molecular formula is C22H29BrN2O2. The largest absolute Gasteiger partial charge is 0.492 e. The van der Waals surface area contributed by atoms with E-state index in [1.807, 2.05) is 38.1 Å². The van der Waals surface area contributed by atoms with Crippen molar-refractivity contribution >= 4 is 27.6 Å². The fourth-order valence-corrected chi connectivity index (χ4v) is 3.20. The first-order chi connectivity index (χ1) is 12.7. The van der Waals surface area contributed by atoms with Crippen LogP contribution in [0.25, 0.3) is 0 Å². The van der Waals surface area contributed by atoms with Crippen LogP contribution in [-0.2, 0) is 5.41 Å². The highest BCUT2D eigenvalue weighted by molar-refractivity contribution is 9.10. The lowest BCUT2D eigenvalue weighted by Crippen LogP contribution is -2.30. The van der Waals surface area contributed by atoms with Crippen LogP contribution in [-0.4, -0.2) is 19.2 Å². The maximum atomic E-state index is 12.1. The lowest BCUT2D eigenvalue weighted by atomic mass is 9.87. The van der Waals surface area contributed by atoms with E-state index in [1.54, 1.807) is 0 Å². The molecule has 0 heterocycles. The molecule has 0 atom stereocenters. The van der Waals surface area contributed by atoms with Gasteiger partial charge in [0.25, 0.3) is 0 Å². The van der Waals surface area contributed by atoms with E-state index in [-0.39, 0.29) is 11.4 Å². The fraction of sp³-hybridized carbons (Fsp3) is 0.409. The summed E-state index contributed by atoms with van der Waals surface area (Å²) in [4.78, 5) is 12.1. The number of hydrogen-bond acceptors (Lipinski definition) is 2. The van der Waals surface area contributed by atoms with Crippen molar-refractivity contribution in [1.29, 1.82) is 0 Å². The quantitative estimate of drug-likeness (QED) is 0.553. The van der Waals surface area contributed by atoms with Crippen LogP contribution in [0.5, 0.6) is 5.75 Å². The second-order valence-electron chi connectivity index (χ2n) is 7.74. The summed E-state index contributed by atoms with van der Waals surface area (Å²) in [5.41, 5.74) is 4.34. The highest BCUT2D eigenvalue weighted by Gasteiger charge is 2.15. The van der Waals surface area contributed by atoms with Gasteiger partial charge in [-0.3, -0.25) is 0 Å². The minimum absolute atomic E-state index is 0.105. The Labute approximate surface area is 170 Å². The molecule has 2 amide bonds. The number of para-hydroxylation sites is 1. The molecule has 2 N–H and O–H groups in total. The molecular weight excluding hydrogens is 404 g/mol. The zero-order valence-corrected chi connectivity index (χ0v) is 18.4. The smallest absolute Gasteiger partial charge is 0.319 e. The van der Waals surface area contributed by atoms with Crippen LogP contribution in [0.4, 0.5) is 10.5 Å². The summed E-state index contributed by atoms with van der Waals surface area (Å²) in [7, 11) is 0. The number of nitrogens with one attached hydrogen (secondary N) is 2. The third-order valence-corrected chi connectivity index (χ3v) is 5.00. The molecule has 0 unspecified atom stereocenters. The van der Waals surface area contributed by atoms with Crippen LogP contribution in [0.2, 0.25) is 0 Å². The molecule has 0 aliphatic rings. The maximum Gasteiger partial charge on any atom is 0.319 e. The molecule has 0 spiro atoms. The molecule has 146 valence electrons. The van der Waals surface area contributed by atoms with Gasteiger partial charge in [-0.25, -0.2) is 4.79 Å². The van der Waals surface area contributed by atoms with Gasteiger partial charge in [-0.15, -0.1) is 0 Å². The zero-order chi connectivity index (χ0) is 20.0. The number of aryl methyl sites for hydroxylation is 2. The number of anilines is 1. The normalized spacial score (nSPS) is 11.2. The predicted molar refractivity (Wildman–Crippen MR) is 116 cm³/mol. The summed E-state index contributed by atoms with van der Waals surface area (Å²) >= 11 is 3.58. The highest BCUT2D eigenvalue weighted by atomic mass is 79.9. The molecule has 0 saturated carbocycles. The Morgan fingerprint density at radius 3 is 2.37 bits per heavy atom. The summed E-state index contributed by atoms with van der Waals surface area (Å²) in [6.07, 6.45) is 0.730. The average Bonchev–Trinajstić information content (AvgIpc) is 2.58. The maximum absolute atomic E-state index is 12.1. The zero-order valence-electron chi connectivity index (χ0n) is 16.8. The molecule has 2 aromatic rings. The number of hydrogen-bond donors (Lipinski definition) is 2. The van der Waals surface area contributed by atoms with E-state index in [4.69, 9.17) is 4.74 Å². The van der Waals surface area contributed by atoms with E-state index in [0.717, 1.165) is 33.5 Å². The number of rotatable bonds is 6. The van der Waals surface area contributed by atoms with E-state index >= 15 is 0 Å².